The summed E-state index contributed by atoms with van der Waals surface area (Å²) in [7, 11) is -4.07. The summed E-state index contributed by atoms with van der Waals surface area (Å²) in [5.41, 5.74) is 4.37. The Bertz CT molecular complexity index is 1980. The number of hydrogen-bond acceptors (Lipinski definition) is 8. The minimum atomic E-state index is -4.07. The van der Waals surface area contributed by atoms with E-state index in [9.17, 15) is 28.0 Å². The van der Waals surface area contributed by atoms with E-state index in [4.69, 9.17) is 0 Å². The molecule has 4 aromatic rings. The molecule has 3 amide bonds. The second-order valence-corrected chi connectivity index (χ2v) is 16.6. The monoisotopic (exact) mass is 768 g/mol. The van der Waals surface area contributed by atoms with E-state index in [-0.39, 0.29) is 48.8 Å². The lowest BCUT2D eigenvalue weighted by Crippen LogP contribution is -2.57. The number of nitrogens with one attached hydrogen (secondary N) is 1. The third-order valence-corrected chi connectivity index (χ3v) is 11.9. The minimum Gasteiger partial charge on any atom is -0.390 e. The van der Waals surface area contributed by atoms with Crippen molar-refractivity contribution < 1.29 is 23.1 Å². The molecule has 0 spiro atoms. The number of aliphatic hydroxyl groups is 1. The number of sulfonamides is 1. The summed E-state index contributed by atoms with van der Waals surface area (Å²) in [6, 6.07) is 25.3. The highest BCUT2D eigenvalue weighted by molar-refractivity contribution is 7.89. The molecule has 55 heavy (non-hydrogen) atoms. The van der Waals surface area contributed by atoms with Crippen LogP contribution in [0.1, 0.15) is 50.8 Å². The summed E-state index contributed by atoms with van der Waals surface area (Å²) in [5.74, 6) is -0.678. The van der Waals surface area contributed by atoms with Crippen LogP contribution in [0, 0.1) is 16.7 Å². The summed E-state index contributed by atoms with van der Waals surface area (Å²) < 4.78 is 29.2. The predicted octanol–water partition coefficient (Wildman–Crippen LogP) is 6.10. The number of amides is 3. The van der Waals surface area contributed by atoms with Gasteiger partial charge in [-0.3, -0.25) is 9.78 Å². The SMILES string of the molecule is CC[C@H](C)[C@@H](C(=O)N[C@@H](Cc1ccccc1)[C@H](O)CN(CC(C)C)S(=O)(=O)c1ccc(CN=O)cc1)N1CCN(Cc2cccc(-c3cccnc3)c2)C1=O. The Morgan fingerprint density at radius 3 is 2.27 bits per heavy atom. The van der Waals surface area contributed by atoms with E-state index < -0.39 is 34.1 Å². The lowest BCUT2D eigenvalue weighted by molar-refractivity contribution is -0.128. The van der Waals surface area contributed by atoms with Crippen LogP contribution < -0.4 is 5.32 Å². The third-order valence-electron chi connectivity index (χ3n) is 10.1. The highest BCUT2D eigenvalue weighted by Gasteiger charge is 2.41. The van der Waals surface area contributed by atoms with Gasteiger partial charge in [-0.2, -0.15) is 9.21 Å². The van der Waals surface area contributed by atoms with Crippen LogP contribution >= 0.6 is 0 Å². The summed E-state index contributed by atoms with van der Waals surface area (Å²) in [6.45, 7) is 8.65. The van der Waals surface area contributed by atoms with Crippen LogP contribution in [0.25, 0.3) is 11.1 Å². The molecule has 1 fully saturated rings. The van der Waals surface area contributed by atoms with E-state index in [2.05, 4.69) is 15.5 Å². The number of nitroso groups, excluding NO2 is 1. The van der Waals surface area contributed by atoms with Crippen LogP contribution in [0.4, 0.5) is 4.79 Å². The fraction of sp³-hybridized carbons (Fsp3) is 0.405. The van der Waals surface area contributed by atoms with E-state index in [1.165, 1.54) is 16.4 Å². The number of aromatic nitrogens is 1. The zero-order valence-electron chi connectivity index (χ0n) is 32.0. The number of rotatable bonds is 19. The molecule has 292 valence electrons. The fourth-order valence-corrected chi connectivity index (χ4v) is 8.58. The van der Waals surface area contributed by atoms with Gasteiger partial charge in [0.1, 0.15) is 12.6 Å². The Labute approximate surface area is 324 Å². The van der Waals surface area contributed by atoms with Gasteiger partial charge >= 0.3 is 6.03 Å². The standard InChI is InChI=1S/C42H52N6O6S/c1-5-31(4)40(48-22-21-46(42(48)51)28-34-13-9-14-35(23-34)36-15-10-20-43-26-36)41(50)45-38(24-32-11-7-6-8-12-32)39(49)29-47(27-30(2)3)55(53,54)37-18-16-33(17-19-37)25-44-52/h6-20,23,26,30-31,38-40,49H,5,21-22,24-25,27-29H2,1-4H3,(H,45,50)/t31-,38-,39+,40-/m0/s1. The first-order chi connectivity index (χ1) is 26.4. The van der Waals surface area contributed by atoms with Gasteiger partial charge in [0.15, 0.2) is 0 Å². The van der Waals surface area contributed by atoms with E-state index >= 15 is 0 Å². The predicted molar refractivity (Wildman–Crippen MR) is 213 cm³/mol. The van der Waals surface area contributed by atoms with Crippen molar-refractivity contribution in [1.82, 2.24) is 24.4 Å². The lowest BCUT2D eigenvalue weighted by atomic mass is 9.95. The molecule has 0 radical (unpaired) electrons. The average Bonchev–Trinajstić information content (AvgIpc) is 3.53. The van der Waals surface area contributed by atoms with Gasteiger partial charge in [0.2, 0.25) is 15.9 Å². The first-order valence-corrected chi connectivity index (χ1v) is 20.3. The molecule has 0 saturated carbocycles. The van der Waals surface area contributed by atoms with Crippen molar-refractivity contribution in [1.29, 1.82) is 0 Å². The second kappa shape index (κ2) is 19.1. The largest absolute Gasteiger partial charge is 0.390 e. The zero-order chi connectivity index (χ0) is 39.5. The molecular formula is C42H52N6O6S. The molecule has 0 unspecified atom stereocenters. The van der Waals surface area contributed by atoms with Crippen LogP contribution in [-0.2, 0) is 34.3 Å². The van der Waals surface area contributed by atoms with Crippen molar-refractivity contribution >= 4 is 22.0 Å². The third kappa shape index (κ3) is 10.6. The summed E-state index contributed by atoms with van der Waals surface area (Å²) in [5, 5.41) is 17.8. The number of benzene rings is 3. The highest BCUT2D eigenvalue weighted by Crippen LogP contribution is 2.26. The number of hydrogen-bond donors (Lipinski definition) is 2. The summed E-state index contributed by atoms with van der Waals surface area (Å²) in [6.07, 6.45) is 3.09. The minimum absolute atomic E-state index is 0.0244. The van der Waals surface area contributed by atoms with E-state index in [1.54, 1.807) is 34.3 Å². The Morgan fingerprint density at radius 2 is 1.62 bits per heavy atom. The highest BCUT2D eigenvalue weighted by atomic mass is 32.2. The maximum atomic E-state index is 14.4. The topological polar surface area (TPSA) is 153 Å². The van der Waals surface area contributed by atoms with Crippen molar-refractivity contribution in [2.45, 2.75) is 76.7 Å². The molecule has 2 N–H and O–H groups in total. The molecule has 1 aliphatic rings. The van der Waals surface area contributed by atoms with Crippen molar-refractivity contribution in [2.24, 2.45) is 17.0 Å². The molecule has 1 aliphatic heterocycles. The van der Waals surface area contributed by atoms with Gasteiger partial charge < -0.3 is 20.2 Å². The Balaban J connectivity index is 1.36. The molecule has 12 nitrogen and oxygen atoms in total. The fourth-order valence-electron chi connectivity index (χ4n) is 6.96. The van der Waals surface area contributed by atoms with Crippen LogP contribution in [0.2, 0.25) is 0 Å². The number of aliphatic hydroxyl groups excluding tert-OH is 1. The molecule has 1 saturated heterocycles. The van der Waals surface area contributed by atoms with Crippen LogP contribution in [0.5, 0.6) is 0 Å². The maximum absolute atomic E-state index is 14.4. The molecule has 4 atom stereocenters. The number of carbonyl (C=O) groups is 2. The number of urea groups is 1. The summed E-state index contributed by atoms with van der Waals surface area (Å²) in [4.78, 5) is 46.8. The van der Waals surface area contributed by atoms with Crippen LogP contribution in [0.15, 0.2) is 113 Å². The van der Waals surface area contributed by atoms with E-state index in [0.29, 0.717) is 31.6 Å². The maximum Gasteiger partial charge on any atom is 0.321 e. The van der Waals surface area contributed by atoms with Crippen molar-refractivity contribution in [3.63, 3.8) is 0 Å². The average molecular weight is 769 g/mol. The van der Waals surface area contributed by atoms with Gasteiger partial charge in [-0.15, -0.1) is 0 Å². The molecule has 2 heterocycles. The molecule has 0 bridgehead atoms. The quantitative estimate of drug-likeness (QED) is 0.109. The van der Waals surface area contributed by atoms with Crippen LogP contribution in [-0.4, -0.2) is 88.9 Å². The smallest absolute Gasteiger partial charge is 0.321 e. The molecule has 5 rings (SSSR count). The van der Waals surface area contributed by atoms with Crippen molar-refractivity contribution in [3.8, 4) is 11.1 Å². The molecule has 13 heteroatoms. The Kier molecular flexibility index (Phi) is 14.3. The van der Waals surface area contributed by atoms with Crippen molar-refractivity contribution in [3.05, 3.63) is 125 Å². The number of nitrogens with zero attached hydrogens (tertiary/aromatic N) is 5. The Hall–Kier alpha value is -4.98. The van der Waals surface area contributed by atoms with E-state index in [0.717, 1.165) is 22.3 Å². The van der Waals surface area contributed by atoms with E-state index in [1.807, 2.05) is 94.4 Å². The normalized spacial score (nSPS) is 15.6. The van der Waals surface area contributed by atoms with Gasteiger partial charge in [0, 0.05) is 45.1 Å². The zero-order valence-corrected chi connectivity index (χ0v) is 32.8. The molecular weight excluding hydrogens is 717 g/mol. The van der Waals surface area contributed by atoms with Gasteiger partial charge in [-0.05, 0) is 70.3 Å². The van der Waals surface area contributed by atoms with Gasteiger partial charge in [0.25, 0.3) is 0 Å². The first-order valence-electron chi connectivity index (χ1n) is 18.9. The Morgan fingerprint density at radius 1 is 0.909 bits per heavy atom. The van der Waals surface area contributed by atoms with Crippen molar-refractivity contribution in [2.75, 3.05) is 26.2 Å². The number of carbonyl (C=O) groups excluding carboxylic acids is 2. The summed E-state index contributed by atoms with van der Waals surface area (Å²) >= 11 is 0. The molecule has 0 aliphatic carbocycles. The van der Waals surface area contributed by atoms with Crippen LogP contribution in [0.3, 0.4) is 0 Å². The van der Waals surface area contributed by atoms with Gasteiger partial charge in [0.05, 0.1) is 17.0 Å². The number of pyridine rings is 1. The molecule has 3 aromatic carbocycles. The second-order valence-electron chi connectivity index (χ2n) is 14.7. The molecule has 1 aromatic heterocycles. The van der Waals surface area contributed by atoms with Gasteiger partial charge in [-0.25, -0.2) is 13.2 Å². The van der Waals surface area contributed by atoms with Gasteiger partial charge in [-0.1, -0.05) is 106 Å². The first kappa shape index (κ1) is 41.2. The lowest BCUT2D eigenvalue weighted by Gasteiger charge is -2.35.